The van der Waals surface area contributed by atoms with Crippen molar-refractivity contribution in [3.05, 3.63) is 89.0 Å². The van der Waals surface area contributed by atoms with Crippen molar-refractivity contribution in [2.24, 2.45) is 10.2 Å². The zero-order valence-corrected chi connectivity index (χ0v) is 13.3. The highest BCUT2D eigenvalue weighted by Gasteiger charge is 2.01. The van der Waals surface area contributed by atoms with Crippen LogP contribution in [0, 0.1) is 10.1 Å². The molecule has 25 heavy (non-hydrogen) atoms. The Morgan fingerprint density at radius 1 is 0.680 bits per heavy atom. The number of non-ortho nitro benzene ring substituents is 1. The maximum Gasteiger partial charge on any atom is 0.269 e. The van der Waals surface area contributed by atoms with Crippen LogP contribution in [0.3, 0.4) is 0 Å². The van der Waals surface area contributed by atoms with Gasteiger partial charge in [0.15, 0.2) is 0 Å². The van der Waals surface area contributed by atoms with Crippen molar-refractivity contribution in [2.75, 3.05) is 11.5 Å². The van der Waals surface area contributed by atoms with E-state index in [9.17, 15) is 10.1 Å². The van der Waals surface area contributed by atoms with E-state index in [0.717, 1.165) is 17.1 Å². The van der Waals surface area contributed by atoms with E-state index in [1.165, 1.54) is 24.3 Å². The molecule has 0 saturated carbocycles. The first-order valence-corrected chi connectivity index (χ1v) is 7.37. The van der Waals surface area contributed by atoms with Gasteiger partial charge in [-0.3, -0.25) is 10.1 Å². The summed E-state index contributed by atoms with van der Waals surface area (Å²) in [4.78, 5) is 9.62. The van der Waals surface area contributed by atoms with Crippen LogP contribution in [0.25, 0.3) is 0 Å². The second-order valence-electron chi connectivity index (χ2n) is 4.98. The number of hydrogen-bond acceptors (Lipinski definition) is 6. The molecule has 3 rings (SSSR count). The summed E-state index contributed by atoms with van der Waals surface area (Å²) in [6, 6.07) is 22.6. The molecule has 0 heterocycles. The summed E-state index contributed by atoms with van der Waals surface area (Å²) < 4.78 is 0. The highest BCUT2D eigenvalue weighted by Crippen LogP contribution is 2.18. The Morgan fingerprint density at radius 2 is 1.12 bits per heavy atom. The zero-order valence-electron chi connectivity index (χ0n) is 13.3. The third kappa shape index (κ3) is 6.11. The fraction of sp³-hybridized carbons (Fsp3) is 0. The fourth-order valence-electron chi connectivity index (χ4n) is 1.75. The van der Waals surface area contributed by atoms with Crippen molar-refractivity contribution < 1.29 is 4.92 Å². The number of rotatable bonds is 3. The summed E-state index contributed by atoms with van der Waals surface area (Å²) in [5, 5.41) is 18.3. The molecular weight excluding hydrogens is 318 g/mol. The summed E-state index contributed by atoms with van der Waals surface area (Å²) in [5.41, 5.74) is 13.8. The molecule has 0 bridgehead atoms. The lowest BCUT2D eigenvalue weighted by Crippen LogP contribution is -1.88. The number of nitrogens with two attached hydrogens (primary N) is 2. The summed E-state index contributed by atoms with van der Waals surface area (Å²) in [5.74, 6) is 0. The summed E-state index contributed by atoms with van der Waals surface area (Å²) in [7, 11) is 0. The SMILES string of the molecule is Nc1ccc(N=Nc2ccccc2)cc1.Nc1ccc([N+](=O)[O-])cc1. The van der Waals surface area contributed by atoms with Crippen molar-refractivity contribution in [1.82, 2.24) is 0 Å². The number of nitro groups is 1. The number of azo groups is 1. The molecule has 0 spiro atoms. The average Bonchev–Trinajstić information content (AvgIpc) is 2.63. The van der Waals surface area contributed by atoms with Crippen LogP contribution in [0.2, 0.25) is 0 Å². The zero-order chi connectivity index (χ0) is 18.1. The van der Waals surface area contributed by atoms with Gasteiger partial charge in [0.25, 0.3) is 5.69 Å². The van der Waals surface area contributed by atoms with E-state index < -0.39 is 4.92 Å². The third-order valence-electron chi connectivity index (χ3n) is 3.03. The molecule has 126 valence electrons. The predicted molar refractivity (Wildman–Crippen MR) is 99.0 cm³/mol. The van der Waals surface area contributed by atoms with Crippen LogP contribution in [0.15, 0.2) is 89.1 Å². The van der Waals surface area contributed by atoms with Gasteiger partial charge in [0, 0.05) is 23.5 Å². The molecule has 0 aliphatic carbocycles. The van der Waals surface area contributed by atoms with Crippen LogP contribution < -0.4 is 11.5 Å². The van der Waals surface area contributed by atoms with Crippen LogP contribution in [0.1, 0.15) is 0 Å². The van der Waals surface area contributed by atoms with Gasteiger partial charge in [-0.25, -0.2) is 0 Å². The first-order chi connectivity index (χ1) is 12.0. The number of nitro benzene ring substituents is 1. The lowest BCUT2D eigenvalue weighted by Gasteiger charge is -1.93. The van der Waals surface area contributed by atoms with Crippen molar-refractivity contribution in [1.29, 1.82) is 0 Å². The van der Waals surface area contributed by atoms with Gasteiger partial charge in [-0.2, -0.15) is 10.2 Å². The van der Waals surface area contributed by atoms with Crippen molar-refractivity contribution in [3.63, 3.8) is 0 Å². The van der Waals surface area contributed by atoms with Gasteiger partial charge in [-0.1, -0.05) is 18.2 Å². The number of nitrogens with zero attached hydrogens (tertiary/aromatic N) is 3. The van der Waals surface area contributed by atoms with Gasteiger partial charge in [-0.05, 0) is 48.5 Å². The summed E-state index contributed by atoms with van der Waals surface area (Å²) >= 11 is 0. The van der Waals surface area contributed by atoms with Gasteiger partial charge in [0.05, 0.1) is 16.3 Å². The van der Waals surface area contributed by atoms with Gasteiger partial charge >= 0.3 is 0 Å². The Bertz CT molecular complexity index is 832. The van der Waals surface area contributed by atoms with E-state index in [4.69, 9.17) is 11.5 Å². The molecule has 0 aliphatic rings. The monoisotopic (exact) mass is 335 g/mol. The van der Waals surface area contributed by atoms with Crippen LogP contribution in [0.4, 0.5) is 28.4 Å². The number of anilines is 2. The smallest absolute Gasteiger partial charge is 0.269 e. The van der Waals surface area contributed by atoms with Crippen molar-refractivity contribution in [2.45, 2.75) is 0 Å². The minimum absolute atomic E-state index is 0.0641. The van der Waals surface area contributed by atoms with Crippen molar-refractivity contribution >= 4 is 28.4 Å². The van der Waals surface area contributed by atoms with Crippen LogP contribution in [-0.4, -0.2) is 4.92 Å². The molecule has 0 saturated heterocycles. The Labute approximate surface area is 144 Å². The molecule has 7 nitrogen and oxygen atoms in total. The lowest BCUT2D eigenvalue weighted by molar-refractivity contribution is -0.384. The molecular formula is C18H17N5O2. The van der Waals surface area contributed by atoms with E-state index >= 15 is 0 Å². The highest BCUT2D eigenvalue weighted by molar-refractivity contribution is 5.48. The Balaban J connectivity index is 0.000000196. The van der Waals surface area contributed by atoms with Gasteiger partial charge in [-0.15, -0.1) is 0 Å². The fourth-order valence-corrected chi connectivity index (χ4v) is 1.75. The Hall–Kier alpha value is -3.74. The average molecular weight is 335 g/mol. The van der Waals surface area contributed by atoms with Crippen LogP contribution in [0.5, 0.6) is 0 Å². The molecule has 4 N–H and O–H groups in total. The third-order valence-corrected chi connectivity index (χ3v) is 3.03. The van der Waals surface area contributed by atoms with Gasteiger partial charge < -0.3 is 11.5 Å². The molecule has 7 heteroatoms. The largest absolute Gasteiger partial charge is 0.399 e. The van der Waals surface area contributed by atoms with E-state index in [1.54, 1.807) is 12.1 Å². The van der Waals surface area contributed by atoms with Gasteiger partial charge in [0.2, 0.25) is 0 Å². The molecule has 0 aliphatic heterocycles. The second kappa shape index (κ2) is 8.78. The quantitative estimate of drug-likeness (QED) is 0.307. The minimum Gasteiger partial charge on any atom is -0.399 e. The first-order valence-electron chi connectivity index (χ1n) is 7.37. The molecule has 3 aromatic carbocycles. The second-order valence-corrected chi connectivity index (χ2v) is 4.98. The van der Waals surface area contributed by atoms with Crippen molar-refractivity contribution in [3.8, 4) is 0 Å². The summed E-state index contributed by atoms with van der Waals surface area (Å²) in [6.07, 6.45) is 0. The standard InChI is InChI=1S/C12H11N3.C6H6N2O2/c13-10-6-8-12(9-7-10)15-14-11-4-2-1-3-5-11;7-5-1-3-6(4-2-5)8(9)10/h1-9H,13H2;1-4H,7H2. The van der Waals surface area contributed by atoms with Gasteiger partial charge in [0.1, 0.15) is 0 Å². The highest BCUT2D eigenvalue weighted by atomic mass is 16.6. The lowest BCUT2D eigenvalue weighted by atomic mass is 10.3. The molecule has 0 amide bonds. The van der Waals surface area contributed by atoms with Crippen LogP contribution in [-0.2, 0) is 0 Å². The molecule has 0 unspecified atom stereocenters. The molecule has 0 radical (unpaired) electrons. The number of benzene rings is 3. The van der Waals surface area contributed by atoms with Crippen LogP contribution >= 0.6 is 0 Å². The van der Waals surface area contributed by atoms with E-state index in [-0.39, 0.29) is 5.69 Å². The van der Waals surface area contributed by atoms with E-state index in [2.05, 4.69) is 10.2 Å². The summed E-state index contributed by atoms with van der Waals surface area (Å²) in [6.45, 7) is 0. The normalized spacial score (nSPS) is 10.1. The first kappa shape index (κ1) is 17.6. The molecule has 0 atom stereocenters. The van der Waals surface area contributed by atoms with E-state index in [0.29, 0.717) is 5.69 Å². The molecule has 3 aromatic rings. The maximum atomic E-state index is 10.1. The van der Waals surface area contributed by atoms with E-state index in [1.807, 2.05) is 42.5 Å². The Kier molecular flexibility index (Phi) is 6.18. The molecule has 0 fully saturated rings. The minimum atomic E-state index is -0.459. The Morgan fingerprint density at radius 3 is 1.60 bits per heavy atom. The topological polar surface area (TPSA) is 120 Å². The predicted octanol–water partition coefficient (Wildman–Crippen LogP) is 4.86. The number of hydrogen-bond donors (Lipinski definition) is 2. The number of nitrogen functional groups attached to an aromatic ring is 2. The molecule has 0 aromatic heterocycles. The maximum absolute atomic E-state index is 10.1.